The molecule has 0 aliphatic carbocycles. The third-order valence-electron chi connectivity index (χ3n) is 3.12. The molecule has 2 unspecified atom stereocenters. The number of piperidine rings is 1. The molecule has 1 N–H and O–H groups in total. The maximum atomic E-state index is 3.60. The molecule has 0 aromatic carbocycles. The average molecular weight is 154 g/mol. The van der Waals surface area contributed by atoms with Gasteiger partial charge >= 0.3 is 0 Å². The van der Waals surface area contributed by atoms with E-state index < -0.39 is 0 Å². The average Bonchev–Trinajstić information content (AvgIpc) is 2.46. The van der Waals surface area contributed by atoms with Gasteiger partial charge in [0.05, 0.1) is 0 Å². The van der Waals surface area contributed by atoms with Gasteiger partial charge in [0.1, 0.15) is 0 Å². The minimum atomic E-state index is 0.823. The van der Waals surface area contributed by atoms with Crippen LogP contribution in [0.5, 0.6) is 0 Å². The van der Waals surface area contributed by atoms with Gasteiger partial charge in [-0.3, -0.25) is 0 Å². The SMILES string of the molecule is CCN1CC2CCCNC2C1. The first-order valence-corrected chi connectivity index (χ1v) is 4.86. The first kappa shape index (κ1) is 7.56. The summed E-state index contributed by atoms with van der Waals surface area (Å²) < 4.78 is 0. The quantitative estimate of drug-likeness (QED) is 0.598. The van der Waals surface area contributed by atoms with Crippen molar-refractivity contribution >= 4 is 0 Å². The number of hydrogen-bond donors (Lipinski definition) is 1. The van der Waals surface area contributed by atoms with Crippen LogP contribution in [0.3, 0.4) is 0 Å². The van der Waals surface area contributed by atoms with Crippen molar-refractivity contribution in [2.24, 2.45) is 5.92 Å². The Morgan fingerprint density at radius 1 is 1.45 bits per heavy atom. The fraction of sp³-hybridized carbons (Fsp3) is 1.00. The van der Waals surface area contributed by atoms with Crippen molar-refractivity contribution in [2.45, 2.75) is 25.8 Å². The van der Waals surface area contributed by atoms with Gasteiger partial charge in [-0.25, -0.2) is 0 Å². The molecule has 0 radical (unpaired) electrons. The van der Waals surface area contributed by atoms with E-state index in [4.69, 9.17) is 0 Å². The zero-order valence-corrected chi connectivity index (χ0v) is 7.34. The summed E-state index contributed by atoms with van der Waals surface area (Å²) in [7, 11) is 0. The van der Waals surface area contributed by atoms with Gasteiger partial charge < -0.3 is 10.2 Å². The van der Waals surface area contributed by atoms with Crippen LogP contribution in [0, 0.1) is 5.92 Å². The molecule has 2 heterocycles. The third-order valence-corrected chi connectivity index (χ3v) is 3.12. The molecule has 2 rings (SSSR count). The van der Waals surface area contributed by atoms with Gasteiger partial charge in [-0.15, -0.1) is 0 Å². The first-order valence-electron chi connectivity index (χ1n) is 4.86. The molecule has 64 valence electrons. The summed E-state index contributed by atoms with van der Waals surface area (Å²) in [6.45, 7) is 7.38. The third kappa shape index (κ3) is 1.42. The predicted molar refractivity (Wildman–Crippen MR) is 46.6 cm³/mol. The zero-order chi connectivity index (χ0) is 7.68. The fourth-order valence-corrected chi connectivity index (χ4v) is 2.39. The molecule has 2 aliphatic rings. The van der Waals surface area contributed by atoms with Crippen molar-refractivity contribution in [3.8, 4) is 0 Å². The molecular formula is C9H18N2. The van der Waals surface area contributed by atoms with Crippen LogP contribution >= 0.6 is 0 Å². The van der Waals surface area contributed by atoms with Gasteiger partial charge in [-0.2, -0.15) is 0 Å². The molecule has 0 aromatic heterocycles. The summed E-state index contributed by atoms with van der Waals surface area (Å²) in [6, 6.07) is 0.823. The predicted octanol–water partition coefficient (Wildman–Crippen LogP) is 0.690. The van der Waals surface area contributed by atoms with Crippen molar-refractivity contribution in [3.63, 3.8) is 0 Å². The summed E-state index contributed by atoms with van der Waals surface area (Å²) in [4.78, 5) is 2.56. The number of rotatable bonds is 1. The normalized spacial score (nSPS) is 39.0. The second-order valence-corrected chi connectivity index (χ2v) is 3.82. The van der Waals surface area contributed by atoms with Crippen LogP contribution in [-0.2, 0) is 0 Å². The molecule has 0 spiro atoms. The maximum Gasteiger partial charge on any atom is 0.0235 e. The Bertz CT molecular complexity index is 122. The number of likely N-dealkylation sites (N-methyl/N-ethyl adjacent to an activating group) is 1. The summed E-state index contributed by atoms with van der Waals surface area (Å²) >= 11 is 0. The molecular weight excluding hydrogens is 136 g/mol. The van der Waals surface area contributed by atoms with Crippen LogP contribution in [0.25, 0.3) is 0 Å². The Hall–Kier alpha value is -0.0800. The highest BCUT2D eigenvalue weighted by atomic mass is 15.2. The van der Waals surface area contributed by atoms with Crippen LogP contribution in [0.15, 0.2) is 0 Å². The number of nitrogens with one attached hydrogen (secondary N) is 1. The van der Waals surface area contributed by atoms with E-state index in [-0.39, 0.29) is 0 Å². The van der Waals surface area contributed by atoms with Gasteiger partial charge in [0.2, 0.25) is 0 Å². The highest BCUT2D eigenvalue weighted by Gasteiger charge is 2.32. The molecule has 2 fully saturated rings. The van der Waals surface area contributed by atoms with E-state index >= 15 is 0 Å². The van der Waals surface area contributed by atoms with Crippen molar-refractivity contribution in [3.05, 3.63) is 0 Å². The molecule has 0 amide bonds. The van der Waals surface area contributed by atoms with Crippen LogP contribution in [0.2, 0.25) is 0 Å². The Kier molecular flexibility index (Phi) is 2.14. The van der Waals surface area contributed by atoms with Crippen molar-refractivity contribution in [1.82, 2.24) is 10.2 Å². The van der Waals surface area contributed by atoms with Crippen LogP contribution in [0.1, 0.15) is 19.8 Å². The maximum absolute atomic E-state index is 3.60. The minimum absolute atomic E-state index is 0.823. The second kappa shape index (κ2) is 3.11. The zero-order valence-electron chi connectivity index (χ0n) is 7.34. The van der Waals surface area contributed by atoms with Crippen LogP contribution < -0.4 is 5.32 Å². The standard InChI is InChI=1S/C9H18N2/c1-2-11-6-8-4-3-5-10-9(8)7-11/h8-10H,2-7H2,1H3. The summed E-state index contributed by atoms with van der Waals surface area (Å²) in [5.74, 6) is 0.962. The topological polar surface area (TPSA) is 15.3 Å². The van der Waals surface area contributed by atoms with Crippen LogP contribution in [0.4, 0.5) is 0 Å². The van der Waals surface area contributed by atoms with E-state index in [9.17, 15) is 0 Å². The van der Waals surface area contributed by atoms with E-state index in [1.54, 1.807) is 0 Å². The summed E-state index contributed by atoms with van der Waals surface area (Å²) in [6.07, 6.45) is 2.84. The van der Waals surface area contributed by atoms with Gasteiger partial charge in [0.25, 0.3) is 0 Å². The van der Waals surface area contributed by atoms with E-state index in [0.29, 0.717) is 0 Å². The molecule has 0 aromatic rings. The first-order chi connectivity index (χ1) is 5.40. The van der Waals surface area contributed by atoms with Crippen molar-refractivity contribution in [1.29, 1.82) is 0 Å². The van der Waals surface area contributed by atoms with Crippen molar-refractivity contribution < 1.29 is 0 Å². The molecule has 2 heteroatoms. The summed E-state index contributed by atoms with van der Waals surface area (Å²) in [5, 5.41) is 3.60. The molecule has 2 nitrogen and oxygen atoms in total. The number of fused-ring (bicyclic) bond motifs is 1. The second-order valence-electron chi connectivity index (χ2n) is 3.82. The molecule has 11 heavy (non-hydrogen) atoms. The molecule has 2 saturated heterocycles. The molecule has 2 atom stereocenters. The largest absolute Gasteiger partial charge is 0.312 e. The molecule has 0 saturated carbocycles. The Morgan fingerprint density at radius 2 is 2.36 bits per heavy atom. The Morgan fingerprint density at radius 3 is 3.09 bits per heavy atom. The van der Waals surface area contributed by atoms with E-state index in [2.05, 4.69) is 17.1 Å². The molecule has 0 bridgehead atoms. The number of hydrogen-bond acceptors (Lipinski definition) is 2. The van der Waals surface area contributed by atoms with Gasteiger partial charge in [0.15, 0.2) is 0 Å². The highest BCUT2D eigenvalue weighted by molar-refractivity contribution is 4.91. The number of likely N-dealkylation sites (tertiary alicyclic amines) is 1. The smallest absolute Gasteiger partial charge is 0.0235 e. The lowest BCUT2D eigenvalue weighted by molar-refractivity contribution is 0.331. The monoisotopic (exact) mass is 154 g/mol. The van der Waals surface area contributed by atoms with E-state index in [0.717, 1.165) is 12.0 Å². The lowest BCUT2D eigenvalue weighted by atomic mass is 9.94. The highest BCUT2D eigenvalue weighted by Crippen LogP contribution is 2.24. The van der Waals surface area contributed by atoms with Gasteiger partial charge in [0, 0.05) is 19.1 Å². The van der Waals surface area contributed by atoms with Crippen molar-refractivity contribution in [2.75, 3.05) is 26.2 Å². The Balaban J connectivity index is 1.92. The van der Waals surface area contributed by atoms with Gasteiger partial charge in [-0.1, -0.05) is 6.92 Å². The summed E-state index contributed by atoms with van der Waals surface area (Å²) in [5.41, 5.74) is 0. The fourth-order valence-electron chi connectivity index (χ4n) is 2.39. The Labute approximate surface area is 69.0 Å². The molecule has 2 aliphatic heterocycles. The van der Waals surface area contributed by atoms with Crippen LogP contribution in [-0.4, -0.2) is 37.1 Å². The van der Waals surface area contributed by atoms with E-state index in [1.807, 2.05) is 0 Å². The van der Waals surface area contributed by atoms with Gasteiger partial charge in [-0.05, 0) is 31.8 Å². The minimum Gasteiger partial charge on any atom is -0.312 e. The number of nitrogens with zero attached hydrogens (tertiary/aromatic N) is 1. The van der Waals surface area contributed by atoms with E-state index in [1.165, 1.54) is 39.0 Å². The lowest BCUT2D eigenvalue weighted by Gasteiger charge is -2.24. The lowest BCUT2D eigenvalue weighted by Crippen LogP contribution is -2.40.